The van der Waals surface area contributed by atoms with E-state index in [1.165, 1.54) is 19.3 Å². The van der Waals surface area contributed by atoms with Crippen molar-refractivity contribution in [2.75, 3.05) is 39.4 Å². The summed E-state index contributed by atoms with van der Waals surface area (Å²) in [4.78, 5) is 2.52. The lowest BCUT2D eigenvalue weighted by atomic mass is 9.81. The second-order valence-corrected chi connectivity index (χ2v) is 6.48. The lowest BCUT2D eigenvalue weighted by Gasteiger charge is -2.42. The second-order valence-electron chi connectivity index (χ2n) is 6.48. The van der Waals surface area contributed by atoms with Gasteiger partial charge in [0.2, 0.25) is 0 Å². The SMILES string of the molecule is CCCNCC1(CN2CCn3cnnc3C2)CCCOC1. The average molecular weight is 293 g/mol. The van der Waals surface area contributed by atoms with Crippen LogP contribution in [-0.2, 0) is 17.8 Å². The molecule has 2 aliphatic rings. The number of aromatic nitrogens is 3. The highest BCUT2D eigenvalue weighted by Gasteiger charge is 2.35. The van der Waals surface area contributed by atoms with Crippen molar-refractivity contribution in [1.82, 2.24) is 25.0 Å². The molecule has 0 saturated carbocycles. The van der Waals surface area contributed by atoms with Crippen molar-refractivity contribution in [3.8, 4) is 0 Å². The molecule has 6 nitrogen and oxygen atoms in total. The average Bonchev–Trinajstić information content (AvgIpc) is 2.96. The van der Waals surface area contributed by atoms with Gasteiger partial charge in [0.05, 0.1) is 13.2 Å². The van der Waals surface area contributed by atoms with Crippen LogP contribution in [0.2, 0.25) is 0 Å². The molecule has 3 heterocycles. The Hall–Kier alpha value is -0.980. The van der Waals surface area contributed by atoms with Crippen LogP contribution in [0, 0.1) is 5.41 Å². The van der Waals surface area contributed by atoms with Gasteiger partial charge in [-0.3, -0.25) is 4.90 Å². The molecule has 0 spiro atoms. The number of hydrogen-bond donors (Lipinski definition) is 1. The van der Waals surface area contributed by atoms with Crippen LogP contribution in [0.15, 0.2) is 6.33 Å². The summed E-state index contributed by atoms with van der Waals surface area (Å²) in [5, 5.41) is 11.8. The van der Waals surface area contributed by atoms with Crippen molar-refractivity contribution in [2.24, 2.45) is 5.41 Å². The van der Waals surface area contributed by atoms with Gasteiger partial charge in [-0.25, -0.2) is 0 Å². The molecule has 0 radical (unpaired) electrons. The Kier molecular flexibility index (Phi) is 4.87. The molecule has 2 aliphatic heterocycles. The Labute approximate surface area is 126 Å². The first-order valence-electron chi connectivity index (χ1n) is 8.19. The van der Waals surface area contributed by atoms with E-state index in [0.717, 1.165) is 58.3 Å². The predicted octanol–water partition coefficient (Wildman–Crippen LogP) is 0.890. The maximum absolute atomic E-state index is 5.81. The summed E-state index contributed by atoms with van der Waals surface area (Å²) < 4.78 is 7.97. The monoisotopic (exact) mass is 293 g/mol. The number of rotatable bonds is 6. The van der Waals surface area contributed by atoms with Gasteiger partial charge in [-0.2, -0.15) is 0 Å². The maximum atomic E-state index is 5.81. The number of fused-ring (bicyclic) bond motifs is 1. The lowest BCUT2D eigenvalue weighted by molar-refractivity contribution is -0.0301. The summed E-state index contributed by atoms with van der Waals surface area (Å²) >= 11 is 0. The predicted molar refractivity (Wildman–Crippen MR) is 80.9 cm³/mol. The molecule has 1 aromatic rings. The zero-order valence-corrected chi connectivity index (χ0v) is 13.1. The molecule has 0 aliphatic carbocycles. The molecule has 1 unspecified atom stereocenters. The van der Waals surface area contributed by atoms with Gasteiger partial charge in [-0.1, -0.05) is 6.92 Å². The third-order valence-corrected chi connectivity index (χ3v) is 4.61. The quantitative estimate of drug-likeness (QED) is 0.790. The minimum absolute atomic E-state index is 0.260. The standard InChI is InChI=1S/C15H27N5O/c1-2-5-16-10-15(4-3-8-21-12-15)11-19-6-7-20-13-17-18-14(20)9-19/h13,16H,2-12H2,1H3. The molecule has 3 rings (SSSR count). The summed E-state index contributed by atoms with van der Waals surface area (Å²) in [6.07, 6.45) is 5.46. The van der Waals surface area contributed by atoms with E-state index in [4.69, 9.17) is 4.74 Å². The molecule has 6 heteroatoms. The minimum atomic E-state index is 0.260. The highest BCUT2D eigenvalue weighted by molar-refractivity contribution is 4.94. The lowest BCUT2D eigenvalue weighted by Crippen LogP contribution is -2.50. The van der Waals surface area contributed by atoms with Crippen molar-refractivity contribution in [3.63, 3.8) is 0 Å². The minimum Gasteiger partial charge on any atom is -0.381 e. The van der Waals surface area contributed by atoms with Crippen LogP contribution in [0.4, 0.5) is 0 Å². The molecule has 118 valence electrons. The Balaban J connectivity index is 1.61. The van der Waals surface area contributed by atoms with E-state index in [2.05, 4.69) is 31.9 Å². The highest BCUT2D eigenvalue weighted by Crippen LogP contribution is 2.30. The summed E-state index contributed by atoms with van der Waals surface area (Å²) in [5.41, 5.74) is 0.260. The zero-order valence-electron chi connectivity index (χ0n) is 13.1. The van der Waals surface area contributed by atoms with E-state index >= 15 is 0 Å². The van der Waals surface area contributed by atoms with E-state index in [0.29, 0.717) is 0 Å². The van der Waals surface area contributed by atoms with Crippen molar-refractivity contribution in [1.29, 1.82) is 0 Å². The molecule has 21 heavy (non-hydrogen) atoms. The molecular formula is C15H27N5O. The summed E-state index contributed by atoms with van der Waals surface area (Å²) in [6, 6.07) is 0. The highest BCUT2D eigenvalue weighted by atomic mass is 16.5. The molecule has 1 N–H and O–H groups in total. The van der Waals surface area contributed by atoms with Crippen LogP contribution in [0.3, 0.4) is 0 Å². The van der Waals surface area contributed by atoms with Gasteiger partial charge in [0.25, 0.3) is 0 Å². The maximum Gasteiger partial charge on any atom is 0.147 e. The first-order valence-corrected chi connectivity index (χ1v) is 8.19. The van der Waals surface area contributed by atoms with Crippen molar-refractivity contribution in [3.05, 3.63) is 12.2 Å². The van der Waals surface area contributed by atoms with Gasteiger partial charge in [-0.15, -0.1) is 10.2 Å². The van der Waals surface area contributed by atoms with Gasteiger partial charge >= 0.3 is 0 Å². The van der Waals surface area contributed by atoms with Crippen molar-refractivity contribution >= 4 is 0 Å². The third-order valence-electron chi connectivity index (χ3n) is 4.61. The normalized spacial score (nSPS) is 26.7. The van der Waals surface area contributed by atoms with Gasteiger partial charge in [0, 0.05) is 38.2 Å². The number of nitrogens with one attached hydrogen (secondary N) is 1. The van der Waals surface area contributed by atoms with E-state index in [1.54, 1.807) is 0 Å². The van der Waals surface area contributed by atoms with Crippen LogP contribution in [0.5, 0.6) is 0 Å². The van der Waals surface area contributed by atoms with Gasteiger partial charge < -0.3 is 14.6 Å². The molecule has 0 bridgehead atoms. The molecule has 1 aromatic heterocycles. The molecule has 1 atom stereocenters. The van der Waals surface area contributed by atoms with E-state index in [1.807, 2.05) is 6.33 Å². The smallest absolute Gasteiger partial charge is 0.147 e. The van der Waals surface area contributed by atoms with Gasteiger partial charge in [0.1, 0.15) is 12.2 Å². The fourth-order valence-corrected chi connectivity index (χ4v) is 3.49. The Morgan fingerprint density at radius 1 is 1.43 bits per heavy atom. The fraction of sp³-hybridized carbons (Fsp3) is 0.867. The largest absolute Gasteiger partial charge is 0.381 e. The van der Waals surface area contributed by atoms with Gasteiger partial charge in [-0.05, 0) is 25.8 Å². The van der Waals surface area contributed by atoms with Crippen LogP contribution in [-0.4, -0.2) is 59.1 Å². The molecule has 1 saturated heterocycles. The van der Waals surface area contributed by atoms with E-state index in [-0.39, 0.29) is 5.41 Å². The van der Waals surface area contributed by atoms with Crippen LogP contribution in [0.1, 0.15) is 32.0 Å². The second kappa shape index (κ2) is 6.85. The summed E-state index contributed by atoms with van der Waals surface area (Å²) in [5.74, 6) is 1.09. The fourth-order valence-electron chi connectivity index (χ4n) is 3.49. The number of hydrogen-bond acceptors (Lipinski definition) is 5. The molecule has 0 aromatic carbocycles. The summed E-state index contributed by atoms with van der Waals surface area (Å²) in [6.45, 7) is 10.3. The van der Waals surface area contributed by atoms with Crippen LogP contribution < -0.4 is 5.32 Å². The number of nitrogens with zero attached hydrogens (tertiary/aromatic N) is 4. The molecule has 0 amide bonds. The van der Waals surface area contributed by atoms with Gasteiger partial charge in [0.15, 0.2) is 0 Å². The first-order chi connectivity index (χ1) is 10.3. The van der Waals surface area contributed by atoms with Crippen LogP contribution in [0.25, 0.3) is 0 Å². The summed E-state index contributed by atoms with van der Waals surface area (Å²) in [7, 11) is 0. The number of ether oxygens (including phenoxy) is 1. The zero-order chi connectivity index (χ0) is 14.5. The van der Waals surface area contributed by atoms with Crippen LogP contribution >= 0.6 is 0 Å². The third kappa shape index (κ3) is 3.62. The molecular weight excluding hydrogens is 266 g/mol. The topological polar surface area (TPSA) is 55.2 Å². The Morgan fingerprint density at radius 2 is 2.38 bits per heavy atom. The Bertz CT molecular complexity index is 441. The first kappa shape index (κ1) is 14.9. The van der Waals surface area contributed by atoms with Crippen molar-refractivity contribution < 1.29 is 4.74 Å². The Morgan fingerprint density at radius 3 is 3.19 bits per heavy atom. The van der Waals surface area contributed by atoms with E-state index in [9.17, 15) is 0 Å². The molecule has 1 fully saturated rings. The van der Waals surface area contributed by atoms with E-state index < -0.39 is 0 Å². The van der Waals surface area contributed by atoms with Crippen molar-refractivity contribution in [2.45, 2.75) is 39.3 Å².